The lowest BCUT2D eigenvalue weighted by molar-refractivity contribution is 0.311. The van der Waals surface area contributed by atoms with Crippen LogP contribution in [-0.4, -0.2) is 63.0 Å². The van der Waals surface area contributed by atoms with E-state index in [1.807, 2.05) is 38.6 Å². The monoisotopic (exact) mass is 381 g/mol. The number of aryl methyl sites for hydroxylation is 4. The van der Waals surface area contributed by atoms with E-state index in [1.54, 1.807) is 0 Å². The van der Waals surface area contributed by atoms with Crippen LogP contribution in [0, 0.1) is 27.7 Å². The summed E-state index contributed by atoms with van der Waals surface area (Å²) in [5.74, 6) is 1.52. The molecule has 0 radical (unpaired) electrons. The van der Waals surface area contributed by atoms with Crippen LogP contribution >= 0.6 is 0 Å². The minimum atomic E-state index is 0.753. The van der Waals surface area contributed by atoms with E-state index in [0.29, 0.717) is 0 Å². The van der Waals surface area contributed by atoms with Crippen LogP contribution in [0.25, 0.3) is 22.5 Å². The molecule has 0 saturated carbocycles. The molecule has 0 amide bonds. The van der Waals surface area contributed by atoms with Gasteiger partial charge in [-0.05, 0) is 40.8 Å². The number of anilines is 1. The van der Waals surface area contributed by atoms with E-state index >= 15 is 0 Å². The number of likely N-dealkylation sites (N-methyl/N-ethyl adjacent to an activating group) is 1. The Morgan fingerprint density at radius 3 is 2.04 bits per heavy atom. The number of aromatic nitrogens is 5. The predicted molar refractivity (Wildman–Crippen MR) is 108 cm³/mol. The molecule has 1 saturated heterocycles. The van der Waals surface area contributed by atoms with E-state index in [9.17, 15) is 0 Å². The second kappa shape index (κ2) is 7.01. The quantitative estimate of drug-likeness (QED) is 0.690. The Hall–Kier alpha value is -2.74. The van der Waals surface area contributed by atoms with Crippen molar-refractivity contribution >= 4 is 5.95 Å². The molecule has 3 aromatic heterocycles. The first-order valence-corrected chi connectivity index (χ1v) is 9.61. The van der Waals surface area contributed by atoms with Gasteiger partial charge >= 0.3 is 0 Å². The molecule has 1 fully saturated rings. The highest BCUT2D eigenvalue weighted by atomic mass is 16.5. The molecule has 148 valence electrons. The zero-order valence-electron chi connectivity index (χ0n) is 17.4. The molecule has 1 aliphatic rings. The number of hydrogen-bond acceptors (Lipinski definition) is 7. The van der Waals surface area contributed by atoms with Gasteiger partial charge in [-0.3, -0.25) is 4.68 Å². The van der Waals surface area contributed by atoms with Gasteiger partial charge in [0.2, 0.25) is 5.95 Å². The summed E-state index contributed by atoms with van der Waals surface area (Å²) < 4.78 is 7.30. The molecule has 0 aromatic carbocycles. The summed E-state index contributed by atoms with van der Waals surface area (Å²) in [5.41, 5.74) is 6.63. The van der Waals surface area contributed by atoms with Gasteiger partial charge in [-0.1, -0.05) is 5.16 Å². The van der Waals surface area contributed by atoms with Gasteiger partial charge in [-0.2, -0.15) is 5.10 Å². The molecule has 4 heterocycles. The lowest BCUT2D eigenvalue weighted by atomic mass is 10.1. The zero-order chi connectivity index (χ0) is 20.0. The van der Waals surface area contributed by atoms with Gasteiger partial charge < -0.3 is 14.3 Å². The fraction of sp³-hybridized carbons (Fsp3) is 0.500. The van der Waals surface area contributed by atoms with Gasteiger partial charge in [0.15, 0.2) is 0 Å². The van der Waals surface area contributed by atoms with Crippen LogP contribution in [0.15, 0.2) is 10.6 Å². The molecule has 0 spiro atoms. The van der Waals surface area contributed by atoms with E-state index in [0.717, 1.165) is 77.5 Å². The predicted octanol–water partition coefficient (Wildman–Crippen LogP) is 2.52. The molecule has 0 unspecified atom stereocenters. The van der Waals surface area contributed by atoms with Gasteiger partial charge in [0.1, 0.15) is 5.76 Å². The van der Waals surface area contributed by atoms with E-state index < -0.39 is 0 Å². The lowest BCUT2D eigenvalue weighted by Crippen LogP contribution is -2.45. The number of piperazine rings is 1. The van der Waals surface area contributed by atoms with Crippen LogP contribution in [0.2, 0.25) is 0 Å². The lowest BCUT2D eigenvalue weighted by Gasteiger charge is -2.32. The molecule has 1 aliphatic heterocycles. The highest BCUT2D eigenvalue weighted by molar-refractivity contribution is 5.73. The largest absolute Gasteiger partial charge is 0.361 e. The van der Waals surface area contributed by atoms with Crippen molar-refractivity contribution in [2.24, 2.45) is 7.05 Å². The average molecular weight is 381 g/mol. The maximum Gasteiger partial charge on any atom is 0.226 e. The molecule has 0 bridgehead atoms. The molecular weight excluding hydrogens is 354 g/mol. The third kappa shape index (κ3) is 3.17. The van der Waals surface area contributed by atoms with E-state index in [1.165, 1.54) is 0 Å². The number of nitrogens with zero attached hydrogens (tertiary/aromatic N) is 7. The molecular formula is C20H27N7O. The normalized spacial score (nSPS) is 15.4. The fourth-order valence-corrected chi connectivity index (χ4v) is 3.83. The maximum absolute atomic E-state index is 5.40. The first kappa shape index (κ1) is 18.6. The second-order valence-electron chi connectivity index (χ2n) is 7.60. The van der Waals surface area contributed by atoms with Crippen LogP contribution in [0.3, 0.4) is 0 Å². The molecule has 28 heavy (non-hydrogen) atoms. The summed E-state index contributed by atoms with van der Waals surface area (Å²) in [6, 6.07) is 2.03. The Morgan fingerprint density at radius 1 is 0.857 bits per heavy atom. The van der Waals surface area contributed by atoms with Crippen LogP contribution in [0.4, 0.5) is 5.95 Å². The summed E-state index contributed by atoms with van der Waals surface area (Å²) in [6.45, 7) is 11.8. The highest BCUT2D eigenvalue weighted by Crippen LogP contribution is 2.32. The van der Waals surface area contributed by atoms with Crippen LogP contribution in [-0.2, 0) is 7.05 Å². The molecule has 0 atom stereocenters. The van der Waals surface area contributed by atoms with Crippen molar-refractivity contribution in [3.8, 4) is 22.5 Å². The van der Waals surface area contributed by atoms with Crippen molar-refractivity contribution in [2.75, 3.05) is 38.1 Å². The first-order chi connectivity index (χ1) is 13.3. The Morgan fingerprint density at radius 2 is 1.50 bits per heavy atom. The molecule has 8 nitrogen and oxygen atoms in total. The smallest absolute Gasteiger partial charge is 0.226 e. The minimum Gasteiger partial charge on any atom is -0.361 e. The standard InChI is InChI=1S/C20H27N7O/c1-12-18(14(3)26(6)23-12)16-11-17(19-13(2)24-28-15(19)4)22-20(21-16)27-9-7-25(5)8-10-27/h11H,7-10H2,1-6H3. The summed E-state index contributed by atoms with van der Waals surface area (Å²) in [6.07, 6.45) is 0. The summed E-state index contributed by atoms with van der Waals surface area (Å²) in [5, 5.41) is 8.69. The van der Waals surface area contributed by atoms with Crippen molar-refractivity contribution in [3.05, 3.63) is 28.9 Å². The summed E-state index contributed by atoms with van der Waals surface area (Å²) in [7, 11) is 4.11. The highest BCUT2D eigenvalue weighted by Gasteiger charge is 2.23. The number of hydrogen-bond donors (Lipinski definition) is 0. The minimum absolute atomic E-state index is 0.753. The molecule has 0 N–H and O–H groups in total. The zero-order valence-corrected chi connectivity index (χ0v) is 17.4. The van der Waals surface area contributed by atoms with E-state index in [2.05, 4.69) is 34.0 Å². The molecule has 3 aromatic rings. The van der Waals surface area contributed by atoms with Gasteiger partial charge in [0.05, 0.1) is 28.3 Å². The Balaban J connectivity index is 1.88. The van der Waals surface area contributed by atoms with Crippen molar-refractivity contribution in [1.82, 2.24) is 29.8 Å². The molecule has 8 heteroatoms. The Kier molecular flexibility index (Phi) is 4.66. The first-order valence-electron chi connectivity index (χ1n) is 9.61. The fourth-order valence-electron chi connectivity index (χ4n) is 3.83. The maximum atomic E-state index is 5.40. The van der Waals surface area contributed by atoms with E-state index in [-0.39, 0.29) is 0 Å². The van der Waals surface area contributed by atoms with Gasteiger partial charge in [0, 0.05) is 44.5 Å². The van der Waals surface area contributed by atoms with Crippen molar-refractivity contribution < 1.29 is 4.52 Å². The van der Waals surface area contributed by atoms with Gasteiger partial charge in [-0.25, -0.2) is 9.97 Å². The van der Waals surface area contributed by atoms with Gasteiger partial charge in [0.25, 0.3) is 0 Å². The average Bonchev–Trinajstić information content (AvgIpc) is 3.12. The van der Waals surface area contributed by atoms with Crippen molar-refractivity contribution in [3.63, 3.8) is 0 Å². The summed E-state index contributed by atoms with van der Waals surface area (Å²) in [4.78, 5) is 14.4. The Bertz CT molecular complexity index is 992. The topological polar surface area (TPSA) is 76.1 Å². The Labute approximate surface area is 165 Å². The van der Waals surface area contributed by atoms with Gasteiger partial charge in [-0.15, -0.1) is 0 Å². The van der Waals surface area contributed by atoms with Crippen LogP contribution in [0.5, 0.6) is 0 Å². The van der Waals surface area contributed by atoms with Crippen molar-refractivity contribution in [2.45, 2.75) is 27.7 Å². The second-order valence-corrected chi connectivity index (χ2v) is 7.60. The van der Waals surface area contributed by atoms with Crippen LogP contribution < -0.4 is 4.90 Å². The number of rotatable bonds is 3. The molecule has 4 rings (SSSR count). The van der Waals surface area contributed by atoms with E-state index in [4.69, 9.17) is 14.5 Å². The third-order valence-corrected chi connectivity index (χ3v) is 5.56. The third-order valence-electron chi connectivity index (χ3n) is 5.56. The summed E-state index contributed by atoms with van der Waals surface area (Å²) >= 11 is 0. The molecule has 0 aliphatic carbocycles. The van der Waals surface area contributed by atoms with Crippen LogP contribution in [0.1, 0.15) is 22.8 Å². The SMILES string of the molecule is Cc1noc(C)c1-c1cc(-c2c(C)nn(C)c2C)nc(N2CCN(C)CC2)n1. The van der Waals surface area contributed by atoms with Crippen molar-refractivity contribution in [1.29, 1.82) is 0 Å².